The van der Waals surface area contributed by atoms with E-state index >= 15 is 0 Å². The van der Waals surface area contributed by atoms with Crippen molar-refractivity contribution in [2.45, 2.75) is 30.8 Å². The van der Waals surface area contributed by atoms with E-state index in [-0.39, 0.29) is 0 Å². The molecule has 0 spiro atoms. The van der Waals surface area contributed by atoms with Crippen LogP contribution in [-0.4, -0.2) is 25.9 Å². The first-order chi connectivity index (χ1) is 15.8. The van der Waals surface area contributed by atoms with Crippen LogP contribution in [0.2, 0.25) is 0 Å². The fourth-order valence-corrected chi connectivity index (χ4v) is 4.02. The Hall–Kier alpha value is -3.53. The molecule has 10 heteroatoms. The number of aryl methyl sites for hydroxylation is 1. The lowest BCUT2D eigenvalue weighted by Gasteiger charge is -2.14. The van der Waals surface area contributed by atoms with Crippen molar-refractivity contribution in [1.29, 1.82) is 0 Å². The van der Waals surface area contributed by atoms with Crippen molar-refractivity contribution in [3.05, 3.63) is 83.6 Å². The van der Waals surface area contributed by atoms with E-state index in [9.17, 15) is 18.0 Å². The van der Waals surface area contributed by atoms with E-state index in [2.05, 4.69) is 15.5 Å². The topological polar surface area (TPSA) is 72.9 Å². The van der Waals surface area contributed by atoms with Crippen LogP contribution in [-0.2, 0) is 11.3 Å². The molecule has 4 aromatic rings. The zero-order valence-electron chi connectivity index (χ0n) is 17.7. The quantitative estimate of drug-likeness (QED) is 0.287. The summed E-state index contributed by atoms with van der Waals surface area (Å²) >= 11 is 1.11. The van der Waals surface area contributed by atoms with Crippen molar-refractivity contribution in [3.63, 3.8) is 0 Å². The number of hydrogen-bond acceptors (Lipinski definition) is 5. The number of amides is 1. The monoisotopic (exact) mass is 472 g/mol. The minimum absolute atomic E-state index is 0.438. The Kier molecular flexibility index (Phi) is 6.55. The van der Waals surface area contributed by atoms with E-state index in [4.69, 9.17) is 4.42 Å². The predicted molar refractivity (Wildman–Crippen MR) is 118 cm³/mol. The molecular weight excluding hydrogens is 453 g/mol. The summed E-state index contributed by atoms with van der Waals surface area (Å²) in [6.07, 6.45) is 1.56. The highest BCUT2D eigenvalue weighted by Gasteiger charge is 2.24. The molecule has 2 aromatic heterocycles. The maximum absolute atomic E-state index is 13.9. The largest absolute Gasteiger partial charge is 0.469 e. The van der Waals surface area contributed by atoms with Gasteiger partial charge in [0, 0.05) is 0 Å². The number of carbonyl (C=O) groups excluding carboxylic acids is 1. The summed E-state index contributed by atoms with van der Waals surface area (Å²) in [5, 5.41) is 10.6. The summed E-state index contributed by atoms with van der Waals surface area (Å²) in [5.41, 5.74) is 1.33. The van der Waals surface area contributed by atoms with Gasteiger partial charge in [-0.25, -0.2) is 13.2 Å². The van der Waals surface area contributed by atoms with Crippen molar-refractivity contribution >= 4 is 23.4 Å². The van der Waals surface area contributed by atoms with Crippen molar-refractivity contribution in [2.24, 2.45) is 0 Å². The number of rotatable bonds is 7. The zero-order valence-corrected chi connectivity index (χ0v) is 18.5. The second kappa shape index (κ2) is 9.53. The fourth-order valence-electron chi connectivity index (χ4n) is 3.17. The number of aromatic nitrogens is 3. The van der Waals surface area contributed by atoms with Gasteiger partial charge in [-0.2, -0.15) is 0 Å². The van der Waals surface area contributed by atoms with Gasteiger partial charge in [-0.15, -0.1) is 10.2 Å². The third-order valence-electron chi connectivity index (χ3n) is 4.94. The number of nitrogens with one attached hydrogen (secondary N) is 1. The number of anilines is 1. The molecule has 0 aliphatic carbocycles. The van der Waals surface area contributed by atoms with E-state index in [0.717, 1.165) is 35.0 Å². The molecule has 4 rings (SSSR count). The highest BCUT2D eigenvalue weighted by Crippen LogP contribution is 2.30. The number of carbonyl (C=O) groups is 1. The SMILES string of the molecule is Cc1occc1-c1nnc(SC(C)C(=O)Nc2ccc(F)c(F)c2F)n1Cc1ccccc1. The van der Waals surface area contributed by atoms with Gasteiger partial charge in [0.1, 0.15) is 5.76 Å². The normalized spacial score (nSPS) is 12.0. The Morgan fingerprint density at radius 1 is 1.09 bits per heavy atom. The summed E-state index contributed by atoms with van der Waals surface area (Å²) in [6, 6.07) is 13.2. The van der Waals surface area contributed by atoms with Crippen LogP contribution in [0.15, 0.2) is 64.4 Å². The Balaban J connectivity index is 1.59. The number of nitrogens with zero attached hydrogens (tertiary/aromatic N) is 3. The van der Waals surface area contributed by atoms with Gasteiger partial charge in [0.25, 0.3) is 0 Å². The number of halogens is 3. The summed E-state index contributed by atoms with van der Waals surface area (Å²) in [7, 11) is 0. The van der Waals surface area contributed by atoms with E-state index in [0.29, 0.717) is 23.3 Å². The van der Waals surface area contributed by atoms with E-state index in [1.165, 1.54) is 0 Å². The average molecular weight is 472 g/mol. The number of hydrogen-bond donors (Lipinski definition) is 1. The lowest BCUT2D eigenvalue weighted by atomic mass is 10.2. The average Bonchev–Trinajstić information content (AvgIpc) is 3.40. The summed E-state index contributed by atoms with van der Waals surface area (Å²) in [5.74, 6) is -3.77. The van der Waals surface area contributed by atoms with Gasteiger partial charge in [-0.3, -0.25) is 9.36 Å². The fraction of sp³-hybridized carbons (Fsp3) is 0.174. The maximum atomic E-state index is 13.9. The van der Waals surface area contributed by atoms with Gasteiger partial charge >= 0.3 is 0 Å². The van der Waals surface area contributed by atoms with Gasteiger partial charge < -0.3 is 9.73 Å². The summed E-state index contributed by atoms with van der Waals surface area (Å²) < 4.78 is 47.9. The smallest absolute Gasteiger partial charge is 0.237 e. The zero-order chi connectivity index (χ0) is 23.5. The van der Waals surface area contributed by atoms with E-state index < -0.39 is 34.3 Å². The van der Waals surface area contributed by atoms with Crippen LogP contribution in [0.4, 0.5) is 18.9 Å². The summed E-state index contributed by atoms with van der Waals surface area (Å²) in [4.78, 5) is 12.6. The van der Waals surface area contributed by atoms with Crippen LogP contribution in [0.3, 0.4) is 0 Å². The first-order valence-electron chi connectivity index (χ1n) is 9.97. The van der Waals surface area contributed by atoms with Gasteiger partial charge in [0.05, 0.1) is 29.3 Å². The van der Waals surface area contributed by atoms with E-state index in [1.54, 1.807) is 19.3 Å². The molecule has 0 aliphatic rings. The van der Waals surface area contributed by atoms with Crippen molar-refractivity contribution in [1.82, 2.24) is 14.8 Å². The van der Waals surface area contributed by atoms with Crippen LogP contribution >= 0.6 is 11.8 Å². The molecular formula is C23H19F3N4O2S. The molecule has 1 atom stereocenters. The Morgan fingerprint density at radius 2 is 1.85 bits per heavy atom. The molecule has 1 unspecified atom stereocenters. The van der Waals surface area contributed by atoms with Crippen molar-refractivity contribution in [3.8, 4) is 11.4 Å². The molecule has 0 fully saturated rings. The molecule has 33 heavy (non-hydrogen) atoms. The van der Waals surface area contributed by atoms with Crippen LogP contribution in [0, 0.1) is 24.4 Å². The van der Waals surface area contributed by atoms with Gasteiger partial charge in [-0.1, -0.05) is 42.1 Å². The summed E-state index contributed by atoms with van der Waals surface area (Å²) in [6.45, 7) is 3.86. The van der Waals surface area contributed by atoms with Crippen LogP contribution in [0.1, 0.15) is 18.2 Å². The second-order valence-electron chi connectivity index (χ2n) is 7.24. The van der Waals surface area contributed by atoms with Crippen molar-refractivity contribution < 1.29 is 22.4 Å². The first kappa shape index (κ1) is 22.7. The lowest BCUT2D eigenvalue weighted by Crippen LogP contribution is -2.24. The lowest BCUT2D eigenvalue weighted by molar-refractivity contribution is -0.115. The maximum Gasteiger partial charge on any atom is 0.237 e. The van der Waals surface area contributed by atoms with Crippen molar-refractivity contribution in [2.75, 3.05) is 5.32 Å². The number of benzene rings is 2. The predicted octanol–water partition coefficient (Wildman–Crippen LogP) is 5.43. The second-order valence-corrected chi connectivity index (χ2v) is 8.55. The number of thioether (sulfide) groups is 1. The molecule has 1 amide bonds. The Labute approximate surface area is 191 Å². The molecule has 0 saturated heterocycles. The minimum Gasteiger partial charge on any atom is -0.469 e. The third-order valence-corrected chi connectivity index (χ3v) is 6.03. The van der Waals surface area contributed by atoms with Crippen LogP contribution in [0.25, 0.3) is 11.4 Å². The number of furan rings is 1. The van der Waals surface area contributed by atoms with Crippen LogP contribution in [0.5, 0.6) is 0 Å². The molecule has 1 N–H and O–H groups in total. The molecule has 0 bridgehead atoms. The van der Waals surface area contributed by atoms with Crippen LogP contribution < -0.4 is 5.32 Å². The highest BCUT2D eigenvalue weighted by molar-refractivity contribution is 8.00. The molecule has 2 aromatic carbocycles. The van der Waals surface area contributed by atoms with Gasteiger partial charge in [0.15, 0.2) is 28.4 Å². The molecule has 0 radical (unpaired) electrons. The first-order valence-corrected chi connectivity index (χ1v) is 10.9. The minimum atomic E-state index is -1.64. The molecule has 6 nitrogen and oxygen atoms in total. The van der Waals surface area contributed by atoms with Gasteiger partial charge in [-0.05, 0) is 37.6 Å². The molecule has 170 valence electrons. The highest BCUT2D eigenvalue weighted by atomic mass is 32.2. The standard InChI is InChI=1S/C23H19F3N4O2S/c1-13-16(10-11-32-13)21-28-29-23(30(21)12-15-6-4-3-5-7-15)33-14(2)22(31)27-18-9-8-17(24)19(25)20(18)26/h3-11,14H,12H2,1-2H3,(H,27,31). The molecule has 0 saturated carbocycles. The third kappa shape index (κ3) is 4.80. The molecule has 2 heterocycles. The van der Waals surface area contributed by atoms with Gasteiger partial charge in [0.2, 0.25) is 5.91 Å². The Bertz CT molecular complexity index is 1290. The Morgan fingerprint density at radius 3 is 2.55 bits per heavy atom. The molecule has 0 aliphatic heterocycles. The van der Waals surface area contributed by atoms with E-state index in [1.807, 2.05) is 41.8 Å².